The molecule has 2 saturated heterocycles. The van der Waals surface area contributed by atoms with E-state index in [0.29, 0.717) is 12.0 Å². The van der Waals surface area contributed by atoms with Gasteiger partial charge >= 0.3 is 6.09 Å². The van der Waals surface area contributed by atoms with E-state index in [1.54, 1.807) is 0 Å². The first-order valence-corrected chi connectivity index (χ1v) is 10.6. The normalized spacial score (nSPS) is 20.6. The Hall–Kier alpha value is -2.33. The topological polar surface area (TPSA) is 41.6 Å². The van der Waals surface area contributed by atoms with Crippen molar-refractivity contribution in [1.29, 1.82) is 0 Å². The molecule has 5 rings (SSSR count). The summed E-state index contributed by atoms with van der Waals surface area (Å²) in [4.78, 5) is 14.7. The number of nitrogens with one attached hydrogen (secondary N) is 1. The molecule has 4 heteroatoms. The molecule has 0 aromatic heterocycles. The first-order valence-electron chi connectivity index (χ1n) is 10.6. The van der Waals surface area contributed by atoms with E-state index in [1.165, 1.54) is 35.1 Å². The van der Waals surface area contributed by atoms with E-state index >= 15 is 0 Å². The van der Waals surface area contributed by atoms with Gasteiger partial charge in [0, 0.05) is 19.0 Å². The predicted octanol–water partition coefficient (Wildman–Crippen LogP) is 4.40. The molecular formula is C24H28N2O2. The number of hydrogen-bond acceptors (Lipinski definition) is 3. The lowest BCUT2D eigenvalue weighted by molar-refractivity contribution is 0.0509. The third kappa shape index (κ3) is 3.10. The van der Waals surface area contributed by atoms with Gasteiger partial charge in [-0.3, -0.25) is 0 Å². The number of ether oxygens (including phenoxy) is 1. The van der Waals surface area contributed by atoms with Crippen molar-refractivity contribution in [3.8, 4) is 11.1 Å². The molecule has 3 aliphatic rings. The second kappa shape index (κ2) is 7.25. The van der Waals surface area contributed by atoms with Crippen molar-refractivity contribution in [1.82, 2.24) is 10.2 Å². The van der Waals surface area contributed by atoms with E-state index in [9.17, 15) is 4.79 Å². The fourth-order valence-electron chi connectivity index (χ4n) is 5.31. The summed E-state index contributed by atoms with van der Waals surface area (Å²) in [7, 11) is 0. The summed E-state index contributed by atoms with van der Waals surface area (Å²) in [6.45, 7) is 4.31. The van der Waals surface area contributed by atoms with Crippen LogP contribution in [0.25, 0.3) is 11.1 Å². The lowest BCUT2D eigenvalue weighted by atomic mass is 9.72. The highest BCUT2D eigenvalue weighted by Gasteiger charge is 2.37. The number of amides is 1. The van der Waals surface area contributed by atoms with Crippen LogP contribution in [0.4, 0.5) is 4.79 Å². The van der Waals surface area contributed by atoms with Crippen LogP contribution in [0.3, 0.4) is 0 Å². The van der Waals surface area contributed by atoms with Crippen molar-refractivity contribution in [3.63, 3.8) is 0 Å². The number of benzene rings is 2. The molecule has 2 fully saturated rings. The van der Waals surface area contributed by atoms with Gasteiger partial charge in [-0.15, -0.1) is 0 Å². The third-order valence-corrected chi connectivity index (χ3v) is 7.08. The second-order valence-corrected chi connectivity index (χ2v) is 8.54. The van der Waals surface area contributed by atoms with Crippen LogP contribution >= 0.6 is 0 Å². The van der Waals surface area contributed by atoms with Crippen LogP contribution in [0.15, 0.2) is 48.5 Å². The van der Waals surface area contributed by atoms with Crippen LogP contribution in [0.1, 0.15) is 42.7 Å². The number of likely N-dealkylation sites (tertiary alicyclic amines) is 1. The summed E-state index contributed by atoms with van der Waals surface area (Å²) >= 11 is 0. The van der Waals surface area contributed by atoms with Crippen molar-refractivity contribution in [2.45, 2.75) is 31.6 Å². The molecule has 1 aliphatic carbocycles. The lowest BCUT2D eigenvalue weighted by Crippen LogP contribution is -2.47. The second-order valence-electron chi connectivity index (χ2n) is 8.54. The van der Waals surface area contributed by atoms with Gasteiger partial charge in [0.15, 0.2) is 0 Å². The number of fused-ring (bicyclic) bond motifs is 3. The fourth-order valence-corrected chi connectivity index (χ4v) is 5.31. The Bertz CT molecular complexity index is 817. The standard InChI is InChI=1S/C24H28N2O2/c27-23(26-15-11-24(12-16-26)9-13-25-14-10-24)28-17-22-20-7-3-1-5-18(20)19-6-2-4-8-21(19)22/h1-8,22,25H,9-17H2. The molecule has 0 saturated carbocycles. The number of rotatable bonds is 2. The molecule has 1 spiro atoms. The minimum absolute atomic E-state index is 0.136. The van der Waals surface area contributed by atoms with Gasteiger partial charge in [0.2, 0.25) is 0 Å². The highest BCUT2D eigenvalue weighted by Crippen LogP contribution is 2.44. The van der Waals surface area contributed by atoms with Crippen LogP contribution in [-0.4, -0.2) is 43.8 Å². The van der Waals surface area contributed by atoms with Crippen molar-refractivity contribution >= 4 is 6.09 Å². The van der Waals surface area contributed by atoms with Gasteiger partial charge in [0.1, 0.15) is 6.61 Å². The van der Waals surface area contributed by atoms with E-state index in [4.69, 9.17) is 4.74 Å². The van der Waals surface area contributed by atoms with E-state index < -0.39 is 0 Å². The largest absolute Gasteiger partial charge is 0.448 e. The van der Waals surface area contributed by atoms with Gasteiger partial charge < -0.3 is 15.0 Å². The Morgan fingerprint density at radius 3 is 2.11 bits per heavy atom. The molecule has 4 nitrogen and oxygen atoms in total. The summed E-state index contributed by atoms with van der Waals surface area (Å²) in [5, 5.41) is 3.45. The maximum Gasteiger partial charge on any atom is 0.409 e. The van der Waals surface area contributed by atoms with Gasteiger partial charge in [-0.05, 0) is 66.4 Å². The Balaban J connectivity index is 1.24. The molecule has 2 aliphatic heterocycles. The zero-order valence-corrected chi connectivity index (χ0v) is 16.3. The molecule has 146 valence electrons. The molecule has 28 heavy (non-hydrogen) atoms. The smallest absolute Gasteiger partial charge is 0.409 e. The first kappa shape index (κ1) is 17.7. The SMILES string of the molecule is O=C(OCC1c2ccccc2-c2ccccc21)N1CCC2(CCNCC2)CC1. The molecule has 2 aromatic rings. The van der Waals surface area contributed by atoms with Crippen LogP contribution < -0.4 is 5.32 Å². The highest BCUT2D eigenvalue weighted by molar-refractivity contribution is 5.79. The Kier molecular flexibility index (Phi) is 4.59. The van der Waals surface area contributed by atoms with Crippen molar-refractivity contribution in [2.75, 3.05) is 32.8 Å². The molecule has 1 N–H and O–H groups in total. The van der Waals surface area contributed by atoms with E-state index in [1.807, 2.05) is 4.90 Å². The van der Waals surface area contributed by atoms with Crippen molar-refractivity contribution < 1.29 is 9.53 Å². The van der Waals surface area contributed by atoms with Crippen molar-refractivity contribution in [3.05, 3.63) is 59.7 Å². The zero-order chi connectivity index (χ0) is 19.0. The van der Waals surface area contributed by atoms with E-state index in [0.717, 1.165) is 39.0 Å². The summed E-state index contributed by atoms with van der Waals surface area (Å²) in [5.74, 6) is 0.136. The van der Waals surface area contributed by atoms with E-state index in [2.05, 4.69) is 53.8 Å². The maximum absolute atomic E-state index is 12.7. The maximum atomic E-state index is 12.7. The Labute approximate surface area is 166 Å². The molecule has 0 bridgehead atoms. The highest BCUT2D eigenvalue weighted by atomic mass is 16.6. The summed E-state index contributed by atoms with van der Waals surface area (Å²) in [6.07, 6.45) is 4.56. The number of hydrogen-bond donors (Lipinski definition) is 1. The van der Waals surface area contributed by atoms with Gasteiger partial charge in [-0.1, -0.05) is 48.5 Å². The summed E-state index contributed by atoms with van der Waals surface area (Å²) in [6, 6.07) is 17.0. The quantitative estimate of drug-likeness (QED) is 0.845. The van der Waals surface area contributed by atoms with Gasteiger partial charge in [0.25, 0.3) is 0 Å². The summed E-state index contributed by atoms with van der Waals surface area (Å²) < 4.78 is 5.83. The molecule has 2 heterocycles. The Morgan fingerprint density at radius 2 is 1.50 bits per heavy atom. The molecular weight excluding hydrogens is 348 g/mol. The number of nitrogens with zero attached hydrogens (tertiary/aromatic N) is 1. The average molecular weight is 377 g/mol. The lowest BCUT2D eigenvalue weighted by Gasteiger charge is -2.44. The number of carbonyl (C=O) groups excluding carboxylic acids is 1. The molecule has 0 atom stereocenters. The molecule has 0 radical (unpaired) electrons. The minimum Gasteiger partial charge on any atom is -0.448 e. The molecule has 1 amide bonds. The third-order valence-electron chi connectivity index (χ3n) is 7.08. The zero-order valence-electron chi connectivity index (χ0n) is 16.3. The van der Waals surface area contributed by atoms with Crippen LogP contribution in [0.5, 0.6) is 0 Å². The molecule has 2 aromatic carbocycles. The van der Waals surface area contributed by atoms with Gasteiger partial charge in [-0.25, -0.2) is 4.79 Å². The van der Waals surface area contributed by atoms with E-state index in [-0.39, 0.29) is 12.0 Å². The number of carbonyl (C=O) groups is 1. The monoisotopic (exact) mass is 376 g/mol. The fraction of sp³-hybridized carbons (Fsp3) is 0.458. The van der Waals surface area contributed by atoms with Crippen molar-refractivity contribution in [2.24, 2.45) is 5.41 Å². The van der Waals surface area contributed by atoms with Crippen LogP contribution in [0, 0.1) is 5.41 Å². The average Bonchev–Trinajstić information content (AvgIpc) is 3.07. The number of piperidine rings is 2. The van der Waals surface area contributed by atoms with Crippen LogP contribution in [-0.2, 0) is 4.74 Å². The first-order chi connectivity index (χ1) is 13.8. The summed E-state index contributed by atoms with van der Waals surface area (Å²) in [5.41, 5.74) is 5.52. The molecule has 0 unspecified atom stereocenters. The minimum atomic E-state index is -0.148. The Morgan fingerprint density at radius 1 is 0.929 bits per heavy atom. The van der Waals surface area contributed by atoms with Gasteiger partial charge in [0.05, 0.1) is 0 Å². The predicted molar refractivity (Wildman–Crippen MR) is 110 cm³/mol. The van der Waals surface area contributed by atoms with Gasteiger partial charge in [-0.2, -0.15) is 0 Å². The van der Waals surface area contributed by atoms with Crippen LogP contribution in [0.2, 0.25) is 0 Å².